The molecule has 336 valence electrons. The van der Waals surface area contributed by atoms with Crippen molar-refractivity contribution in [3.8, 4) is 22.6 Å². The summed E-state index contributed by atoms with van der Waals surface area (Å²) in [4.78, 5) is 101. The van der Waals surface area contributed by atoms with E-state index in [2.05, 4.69) is 20.4 Å². The Labute approximate surface area is 373 Å². The van der Waals surface area contributed by atoms with Gasteiger partial charge in [0.05, 0.1) is 41.2 Å². The fourth-order valence-electron chi connectivity index (χ4n) is 10.1. The average Bonchev–Trinajstić information content (AvgIpc) is 4.07. The molecule has 4 atom stereocenters. The monoisotopic (exact) mass is 892 g/mol. The maximum atomic E-state index is 13.8. The van der Waals surface area contributed by atoms with Crippen LogP contribution >= 0.6 is 11.3 Å². The number of fused-ring (bicyclic) bond motifs is 4. The van der Waals surface area contributed by atoms with Gasteiger partial charge >= 0.3 is 0 Å². The number of hydrogen-bond donors (Lipinski definition) is 2. The number of imide groups is 2. The highest BCUT2D eigenvalue weighted by Gasteiger charge is 2.47. The van der Waals surface area contributed by atoms with E-state index in [-0.39, 0.29) is 59.3 Å². The number of rotatable bonds is 12. The second kappa shape index (κ2) is 17.1. The Morgan fingerprint density at radius 1 is 0.906 bits per heavy atom. The number of nitrogens with one attached hydrogen (secondary N) is 2. The second-order valence-electron chi connectivity index (χ2n) is 17.7. The van der Waals surface area contributed by atoms with Gasteiger partial charge in [-0.15, -0.1) is 11.3 Å². The molecule has 5 aliphatic rings. The first-order chi connectivity index (χ1) is 30.7. The molecule has 2 aromatic heterocycles. The van der Waals surface area contributed by atoms with E-state index in [4.69, 9.17) is 9.47 Å². The highest BCUT2D eigenvalue weighted by molar-refractivity contribution is 7.21. The number of amides is 6. The number of piperidine rings is 2. The molecule has 0 radical (unpaired) electrons. The molecule has 0 spiro atoms. The predicted octanol–water partition coefficient (Wildman–Crippen LogP) is 2.68. The van der Waals surface area contributed by atoms with E-state index < -0.39 is 29.7 Å². The fraction of sp³-hybridized carbons (Fsp3) is 0.457. The first-order valence-corrected chi connectivity index (χ1v) is 22.5. The topological polar surface area (TPSA) is 183 Å². The van der Waals surface area contributed by atoms with Gasteiger partial charge in [0.15, 0.2) is 0 Å². The summed E-state index contributed by atoms with van der Waals surface area (Å²) in [6.45, 7) is 4.60. The van der Waals surface area contributed by atoms with Gasteiger partial charge in [-0.2, -0.15) is 0 Å². The molecule has 2 aromatic carbocycles. The maximum absolute atomic E-state index is 13.8. The lowest BCUT2D eigenvalue weighted by Gasteiger charge is -2.37. The summed E-state index contributed by atoms with van der Waals surface area (Å²) < 4.78 is 13.8. The van der Waals surface area contributed by atoms with Crippen LogP contribution in [0.4, 0.5) is 5.69 Å². The maximum Gasteiger partial charge on any atom is 0.262 e. The van der Waals surface area contributed by atoms with Gasteiger partial charge in [0.1, 0.15) is 17.5 Å². The number of carbonyl (C=O) groups is 6. The Balaban J connectivity index is 0.782. The quantitative estimate of drug-likeness (QED) is 0.199. The summed E-state index contributed by atoms with van der Waals surface area (Å²) in [6, 6.07) is 9.71. The lowest BCUT2D eigenvalue weighted by Crippen LogP contribution is -2.54. The van der Waals surface area contributed by atoms with Crippen molar-refractivity contribution in [2.75, 3.05) is 72.5 Å². The van der Waals surface area contributed by atoms with Crippen molar-refractivity contribution in [2.24, 2.45) is 13.0 Å². The number of hydrogen-bond acceptors (Lipinski definition) is 13. The summed E-state index contributed by atoms with van der Waals surface area (Å²) in [7, 11) is 8.89. The van der Waals surface area contributed by atoms with E-state index >= 15 is 0 Å². The molecule has 4 fully saturated rings. The summed E-state index contributed by atoms with van der Waals surface area (Å²) >= 11 is 1.29. The van der Waals surface area contributed by atoms with Gasteiger partial charge in [0.2, 0.25) is 17.7 Å². The lowest BCUT2D eigenvalue weighted by atomic mass is 10.0. The fourth-order valence-corrected chi connectivity index (χ4v) is 11.2. The SMILES string of the molecule is COc1cc(-c2cn(C)c(=O)c3cc(C(=O)NC4CC5CC4CN5C(=O)CCN4CCN(c5ccc6c(c5)C(=O)N(C5CCC(=O)NC5=O)C6=O)CC4)sc23)cc(OC)c1CN(C)C. The number of thiophene rings is 1. The van der Waals surface area contributed by atoms with E-state index in [9.17, 15) is 33.6 Å². The third kappa shape index (κ3) is 7.80. The molecule has 64 heavy (non-hydrogen) atoms. The Kier molecular flexibility index (Phi) is 11.5. The summed E-state index contributed by atoms with van der Waals surface area (Å²) in [5.74, 6) is -0.751. The minimum absolute atomic E-state index is 0.0571. The predicted molar refractivity (Wildman–Crippen MR) is 239 cm³/mol. The van der Waals surface area contributed by atoms with Crippen molar-refractivity contribution in [2.45, 2.75) is 56.8 Å². The number of piperazine rings is 1. The number of aromatic nitrogens is 1. The van der Waals surface area contributed by atoms with Gasteiger partial charge in [-0.25, -0.2) is 0 Å². The number of methoxy groups -OCH3 is 2. The van der Waals surface area contributed by atoms with Crippen LogP contribution in [0.2, 0.25) is 0 Å². The molecule has 3 saturated heterocycles. The smallest absolute Gasteiger partial charge is 0.262 e. The van der Waals surface area contributed by atoms with Crippen LogP contribution in [0, 0.1) is 5.92 Å². The number of ether oxygens (including phenoxy) is 2. The molecule has 9 rings (SSSR count). The van der Waals surface area contributed by atoms with Crippen LogP contribution in [-0.4, -0.2) is 145 Å². The van der Waals surface area contributed by atoms with Crippen molar-refractivity contribution in [1.82, 2.24) is 34.8 Å². The van der Waals surface area contributed by atoms with E-state index in [1.165, 1.54) is 15.9 Å². The van der Waals surface area contributed by atoms with Crippen molar-refractivity contribution >= 4 is 62.6 Å². The first-order valence-electron chi connectivity index (χ1n) is 21.7. The number of anilines is 1. The summed E-state index contributed by atoms with van der Waals surface area (Å²) in [5, 5.41) is 5.94. The van der Waals surface area contributed by atoms with Gasteiger partial charge in [-0.05, 0) is 81.2 Å². The van der Waals surface area contributed by atoms with Crippen molar-refractivity contribution in [3.05, 3.63) is 74.5 Å². The zero-order valence-electron chi connectivity index (χ0n) is 36.6. The zero-order valence-corrected chi connectivity index (χ0v) is 37.4. The molecule has 2 bridgehead atoms. The molecule has 6 heterocycles. The van der Waals surface area contributed by atoms with E-state index in [1.54, 1.807) is 45.7 Å². The van der Waals surface area contributed by atoms with Gasteiger partial charge in [0, 0.05) is 99.9 Å². The molecule has 4 unspecified atom stereocenters. The minimum Gasteiger partial charge on any atom is -0.496 e. The highest BCUT2D eigenvalue weighted by atomic mass is 32.1. The third-order valence-electron chi connectivity index (χ3n) is 13.4. The molecule has 18 heteroatoms. The van der Waals surface area contributed by atoms with Crippen LogP contribution in [0.5, 0.6) is 11.5 Å². The van der Waals surface area contributed by atoms with Crippen molar-refractivity contribution in [1.29, 1.82) is 0 Å². The number of nitrogens with zero attached hydrogens (tertiary/aromatic N) is 6. The number of pyridine rings is 1. The van der Waals surface area contributed by atoms with Crippen molar-refractivity contribution in [3.63, 3.8) is 0 Å². The van der Waals surface area contributed by atoms with Crippen LogP contribution in [0.15, 0.2) is 47.4 Å². The van der Waals surface area contributed by atoms with Gasteiger partial charge in [0.25, 0.3) is 23.3 Å². The number of aryl methyl sites for hydroxylation is 1. The molecule has 6 amide bonds. The Morgan fingerprint density at radius 3 is 2.28 bits per heavy atom. The molecule has 1 aliphatic carbocycles. The molecule has 17 nitrogen and oxygen atoms in total. The van der Waals surface area contributed by atoms with E-state index in [1.807, 2.05) is 42.1 Å². The molecule has 4 aliphatic heterocycles. The van der Waals surface area contributed by atoms with Gasteiger partial charge in [-0.1, -0.05) is 0 Å². The highest BCUT2D eigenvalue weighted by Crippen LogP contribution is 2.41. The Hall–Kier alpha value is -6.11. The van der Waals surface area contributed by atoms with Gasteiger partial charge < -0.3 is 34.1 Å². The van der Waals surface area contributed by atoms with Crippen LogP contribution in [-0.2, 0) is 28.0 Å². The number of benzene rings is 2. The zero-order chi connectivity index (χ0) is 45.1. The normalized spacial score (nSPS) is 22.2. The molecular weight excluding hydrogens is 841 g/mol. The van der Waals surface area contributed by atoms with Crippen LogP contribution < -0.4 is 30.6 Å². The molecule has 4 aromatic rings. The van der Waals surface area contributed by atoms with Crippen molar-refractivity contribution < 1.29 is 38.2 Å². The second-order valence-corrected chi connectivity index (χ2v) is 18.7. The summed E-state index contributed by atoms with van der Waals surface area (Å²) in [5.41, 5.74) is 3.63. The number of likely N-dealkylation sites (tertiary alicyclic amines) is 1. The average molecular weight is 893 g/mol. The van der Waals surface area contributed by atoms with Crippen LogP contribution in [0.1, 0.15) is 68.1 Å². The minimum atomic E-state index is -1.01. The number of carbonyl (C=O) groups excluding carboxylic acids is 6. The first kappa shape index (κ1) is 43.2. The Bertz CT molecular complexity index is 2640. The largest absolute Gasteiger partial charge is 0.496 e. The standard InChI is InChI=1S/C46H52N8O9S/c1-49(2)23-33-36(62-4)17-25(18-37(33)63-5)32-24-50(3)44(59)31-21-38(64-41(31)32)43(58)47-34-20-28-16-26(34)22-53(28)40(56)10-11-51-12-14-52(15-13-51)27-6-7-29-30(19-27)46(61)54(45(29)60)35-8-9-39(55)48-42(35)57/h6-7,17-19,21,24,26,28,34-35H,8-16,20,22-23H2,1-5H3,(H,47,58)(H,48,55,57). The molecular formula is C46H52N8O9S. The summed E-state index contributed by atoms with van der Waals surface area (Å²) in [6.07, 6.45) is 3.86. The van der Waals surface area contributed by atoms with E-state index in [0.29, 0.717) is 72.0 Å². The Morgan fingerprint density at radius 2 is 1.62 bits per heavy atom. The third-order valence-corrected chi connectivity index (χ3v) is 14.6. The van der Waals surface area contributed by atoms with Crippen LogP contribution in [0.3, 0.4) is 0 Å². The lowest BCUT2D eigenvalue weighted by molar-refractivity contribution is -0.136. The molecule has 1 saturated carbocycles. The van der Waals surface area contributed by atoms with Gasteiger partial charge in [-0.3, -0.25) is 48.7 Å². The van der Waals surface area contributed by atoms with Crippen LogP contribution in [0.25, 0.3) is 21.2 Å². The van der Waals surface area contributed by atoms with E-state index in [0.717, 1.165) is 46.8 Å². The molecule has 2 N–H and O–H groups in total.